The van der Waals surface area contributed by atoms with E-state index in [1.807, 2.05) is 6.92 Å². The highest BCUT2D eigenvalue weighted by Gasteiger charge is 2.24. The first-order chi connectivity index (χ1) is 8.11. The summed E-state index contributed by atoms with van der Waals surface area (Å²) in [5.41, 5.74) is 0.906. The smallest absolute Gasteiger partial charge is 0.165 e. The number of Topliss-reactive ketones (excluding diaryl/α,β-unsaturated/α-hetero) is 1. The Bertz CT molecular complexity index is 433. The molecule has 0 N–H and O–H groups in total. The van der Waals surface area contributed by atoms with Gasteiger partial charge in [-0.3, -0.25) is 4.79 Å². The highest BCUT2D eigenvalue weighted by atomic mass is 19.1. The Kier molecular flexibility index (Phi) is 3.31. The SMILES string of the molecule is COc1cc(N2CCC(=O)CC2C)ccc1F. The first-order valence-electron chi connectivity index (χ1n) is 5.73. The predicted octanol–water partition coefficient (Wildman–Crippen LogP) is 2.39. The van der Waals surface area contributed by atoms with Crippen molar-refractivity contribution >= 4 is 11.5 Å². The molecule has 92 valence electrons. The van der Waals surface area contributed by atoms with Gasteiger partial charge in [0.25, 0.3) is 0 Å². The lowest BCUT2D eigenvalue weighted by Crippen LogP contribution is -2.41. The van der Waals surface area contributed by atoms with Gasteiger partial charge >= 0.3 is 0 Å². The first-order valence-corrected chi connectivity index (χ1v) is 5.73. The van der Waals surface area contributed by atoms with Crippen molar-refractivity contribution in [3.05, 3.63) is 24.0 Å². The Hall–Kier alpha value is -1.58. The number of nitrogens with zero attached hydrogens (tertiary/aromatic N) is 1. The number of ketones is 1. The number of halogens is 1. The van der Waals surface area contributed by atoms with Gasteiger partial charge in [-0.25, -0.2) is 4.39 Å². The van der Waals surface area contributed by atoms with E-state index in [-0.39, 0.29) is 17.6 Å². The van der Waals surface area contributed by atoms with Gasteiger partial charge in [-0.05, 0) is 19.1 Å². The van der Waals surface area contributed by atoms with Crippen LogP contribution in [0.5, 0.6) is 5.75 Å². The zero-order valence-corrected chi connectivity index (χ0v) is 10.1. The Morgan fingerprint density at radius 3 is 2.88 bits per heavy atom. The van der Waals surface area contributed by atoms with E-state index in [0.29, 0.717) is 25.2 Å². The van der Waals surface area contributed by atoms with Crippen molar-refractivity contribution in [2.24, 2.45) is 0 Å². The molecule has 0 amide bonds. The van der Waals surface area contributed by atoms with E-state index in [1.165, 1.54) is 13.2 Å². The number of hydrogen-bond donors (Lipinski definition) is 0. The minimum Gasteiger partial charge on any atom is -0.494 e. The van der Waals surface area contributed by atoms with E-state index < -0.39 is 0 Å². The Balaban J connectivity index is 2.24. The molecule has 1 saturated heterocycles. The molecule has 1 aromatic rings. The lowest BCUT2D eigenvalue weighted by atomic mass is 10.0. The highest BCUT2D eigenvalue weighted by molar-refractivity contribution is 5.81. The molecule has 0 saturated carbocycles. The summed E-state index contributed by atoms with van der Waals surface area (Å²) in [5.74, 6) is 0.173. The lowest BCUT2D eigenvalue weighted by molar-refractivity contribution is -0.120. The lowest BCUT2D eigenvalue weighted by Gasteiger charge is -2.34. The molecule has 0 radical (unpaired) electrons. The van der Waals surface area contributed by atoms with Crippen molar-refractivity contribution in [1.82, 2.24) is 0 Å². The van der Waals surface area contributed by atoms with Crippen LogP contribution < -0.4 is 9.64 Å². The fourth-order valence-corrected chi connectivity index (χ4v) is 2.22. The first kappa shape index (κ1) is 11.9. The van der Waals surface area contributed by atoms with E-state index in [2.05, 4.69) is 4.90 Å². The highest BCUT2D eigenvalue weighted by Crippen LogP contribution is 2.28. The number of carbonyl (C=O) groups is 1. The van der Waals surface area contributed by atoms with Gasteiger partial charge in [0, 0.05) is 37.2 Å². The van der Waals surface area contributed by atoms with Crippen LogP contribution in [0.4, 0.5) is 10.1 Å². The monoisotopic (exact) mass is 237 g/mol. The van der Waals surface area contributed by atoms with E-state index in [9.17, 15) is 9.18 Å². The van der Waals surface area contributed by atoms with Crippen LogP contribution in [0.15, 0.2) is 18.2 Å². The van der Waals surface area contributed by atoms with Crippen molar-refractivity contribution in [3.8, 4) is 5.75 Å². The third-order valence-electron chi connectivity index (χ3n) is 3.15. The van der Waals surface area contributed by atoms with Crippen molar-refractivity contribution in [2.75, 3.05) is 18.6 Å². The van der Waals surface area contributed by atoms with Crippen LogP contribution in [-0.2, 0) is 4.79 Å². The quantitative estimate of drug-likeness (QED) is 0.791. The molecule has 0 aliphatic carbocycles. The number of carbonyl (C=O) groups excluding carboxylic acids is 1. The fraction of sp³-hybridized carbons (Fsp3) is 0.462. The van der Waals surface area contributed by atoms with Crippen LogP contribution in [0, 0.1) is 5.82 Å². The molecule has 1 heterocycles. The summed E-state index contributed by atoms with van der Waals surface area (Å²) < 4.78 is 18.3. The molecule has 0 aromatic heterocycles. The second-order valence-corrected chi connectivity index (χ2v) is 4.35. The second-order valence-electron chi connectivity index (χ2n) is 4.35. The maximum Gasteiger partial charge on any atom is 0.165 e. The zero-order valence-electron chi connectivity index (χ0n) is 10.1. The van der Waals surface area contributed by atoms with Gasteiger partial charge in [0.15, 0.2) is 11.6 Å². The van der Waals surface area contributed by atoms with E-state index >= 15 is 0 Å². The predicted molar refractivity (Wildman–Crippen MR) is 64.0 cm³/mol. The molecule has 1 aromatic carbocycles. The standard InChI is InChI=1S/C13H16FNO2/c1-9-7-11(16)5-6-15(9)10-3-4-12(14)13(8-10)17-2/h3-4,8-9H,5-7H2,1-2H3. The maximum absolute atomic E-state index is 13.3. The molecule has 4 heteroatoms. The maximum atomic E-state index is 13.3. The summed E-state index contributed by atoms with van der Waals surface area (Å²) in [5, 5.41) is 0. The van der Waals surface area contributed by atoms with Crippen LogP contribution in [0.3, 0.4) is 0 Å². The summed E-state index contributed by atoms with van der Waals surface area (Å²) in [6.45, 7) is 2.70. The van der Waals surface area contributed by atoms with E-state index in [1.54, 1.807) is 12.1 Å². The number of methoxy groups -OCH3 is 1. The van der Waals surface area contributed by atoms with Crippen LogP contribution in [0.25, 0.3) is 0 Å². The normalized spacial score (nSPS) is 20.5. The average Bonchev–Trinajstić information content (AvgIpc) is 2.30. The van der Waals surface area contributed by atoms with Crippen molar-refractivity contribution < 1.29 is 13.9 Å². The molecule has 3 nitrogen and oxygen atoms in total. The molecule has 0 bridgehead atoms. The minimum atomic E-state index is -0.364. The summed E-state index contributed by atoms with van der Waals surface area (Å²) in [6.07, 6.45) is 1.11. The van der Waals surface area contributed by atoms with Gasteiger partial charge in [0.1, 0.15) is 5.78 Å². The van der Waals surface area contributed by atoms with Crippen LogP contribution in [0.2, 0.25) is 0 Å². The number of hydrogen-bond acceptors (Lipinski definition) is 3. The second kappa shape index (κ2) is 4.73. The average molecular weight is 237 g/mol. The molecular weight excluding hydrogens is 221 g/mol. The Morgan fingerprint density at radius 2 is 2.24 bits per heavy atom. The van der Waals surface area contributed by atoms with Crippen molar-refractivity contribution in [1.29, 1.82) is 0 Å². The van der Waals surface area contributed by atoms with Crippen molar-refractivity contribution in [3.63, 3.8) is 0 Å². The Morgan fingerprint density at radius 1 is 1.47 bits per heavy atom. The minimum absolute atomic E-state index is 0.159. The summed E-state index contributed by atoms with van der Waals surface area (Å²) in [4.78, 5) is 13.4. The molecule has 1 unspecified atom stereocenters. The molecular formula is C13H16FNO2. The molecule has 1 aliphatic rings. The molecule has 1 aliphatic heterocycles. The van der Waals surface area contributed by atoms with Crippen LogP contribution in [-0.4, -0.2) is 25.5 Å². The molecule has 1 fully saturated rings. The summed E-state index contributed by atoms with van der Waals surface area (Å²) in [6, 6.07) is 4.97. The van der Waals surface area contributed by atoms with Gasteiger partial charge in [0.05, 0.1) is 7.11 Å². The number of ether oxygens (including phenoxy) is 1. The third-order valence-corrected chi connectivity index (χ3v) is 3.15. The summed E-state index contributed by atoms with van der Waals surface area (Å²) in [7, 11) is 1.45. The number of anilines is 1. The number of rotatable bonds is 2. The molecule has 0 spiro atoms. The fourth-order valence-electron chi connectivity index (χ4n) is 2.22. The van der Waals surface area contributed by atoms with Gasteiger partial charge < -0.3 is 9.64 Å². The van der Waals surface area contributed by atoms with Gasteiger partial charge in [-0.1, -0.05) is 0 Å². The van der Waals surface area contributed by atoms with Gasteiger partial charge in [0.2, 0.25) is 0 Å². The van der Waals surface area contributed by atoms with Crippen LogP contribution >= 0.6 is 0 Å². The van der Waals surface area contributed by atoms with Crippen molar-refractivity contribution in [2.45, 2.75) is 25.8 Å². The molecule has 2 rings (SSSR count). The molecule has 17 heavy (non-hydrogen) atoms. The van der Waals surface area contributed by atoms with Crippen LogP contribution in [0.1, 0.15) is 19.8 Å². The van der Waals surface area contributed by atoms with E-state index in [0.717, 1.165) is 5.69 Å². The molecule has 1 atom stereocenters. The van der Waals surface area contributed by atoms with Gasteiger partial charge in [-0.2, -0.15) is 0 Å². The summed E-state index contributed by atoms with van der Waals surface area (Å²) >= 11 is 0. The zero-order chi connectivity index (χ0) is 12.4. The van der Waals surface area contributed by atoms with E-state index in [4.69, 9.17) is 4.74 Å². The topological polar surface area (TPSA) is 29.5 Å². The third kappa shape index (κ3) is 2.40. The Labute approximate surface area is 100 Å². The number of piperidine rings is 1. The number of benzene rings is 1. The van der Waals surface area contributed by atoms with Gasteiger partial charge in [-0.15, -0.1) is 0 Å². The largest absolute Gasteiger partial charge is 0.494 e.